The Bertz CT molecular complexity index is 815. The number of methoxy groups -OCH3 is 1. The molecule has 0 spiro atoms. The van der Waals surface area contributed by atoms with Crippen LogP contribution in [0.5, 0.6) is 0 Å². The lowest BCUT2D eigenvalue weighted by Gasteiger charge is -2.15. The molecule has 0 aliphatic carbocycles. The lowest BCUT2D eigenvalue weighted by Crippen LogP contribution is -2.27. The van der Waals surface area contributed by atoms with Crippen LogP contribution in [0.15, 0.2) is 42.5 Å². The zero-order valence-corrected chi connectivity index (χ0v) is 14.1. The van der Waals surface area contributed by atoms with E-state index in [2.05, 4.69) is 10.1 Å². The maximum atomic E-state index is 12.4. The molecule has 0 aliphatic rings. The number of nitro benzene ring substituents is 1. The number of nitrogens with one attached hydrogen (secondary N) is 1. The van der Waals surface area contributed by atoms with Gasteiger partial charge in [0.25, 0.3) is 11.6 Å². The van der Waals surface area contributed by atoms with Gasteiger partial charge in [-0.2, -0.15) is 0 Å². The average molecular weight is 342 g/mol. The van der Waals surface area contributed by atoms with Crippen molar-refractivity contribution in [3.63, 3.8) is 0 Å². The number of nitro groups is 1. The Labute approximate surface area is 144 Å². The van der Waals surface area contributed by atoms with E-state index in [1.54, 1.807) is 6.92 Å². The van der Waals surface area contributed by atoms with Crippen LogP contribution in [-0.4, -0.2) is 23.9 Å². The zero-order chi connectivity index (χ0) is 18.6. The molecule has 7 nitrogen and oxygen atoms in total. The number of ether oxygens (including phenoxy) is 1. The van der Waals surface area contributed by atoms with Gasteiger partial charge >= 0.3 is 5.97 Å². The molecule has 0 saturated carbocycles. The van der Waals surface area contributed by atoms with Crippen LogP contribution in [0.25, 0.3) is 0 Å². The Balaban J connectivity index is 2.28. The monoisotopic (exact) mass is 342 g/mol. The number of hydrogen-bond donors (Lipinski definition) is 1. The number of carbonyl (C=O) groups is 2. The van der Waals surface area contributed by atoms with Gasteiger partial charge in [0, 0.05) is 17.7 Å². The van der Waals surface area contributed by atoms with E-state index in [0.29, 0.717) is 0 Å². The maximum Gasteiger partial charge on any atom is 0.338 e. The van der Waals surface area contributed by atoms with Crippen molar-refractivity contribution >= 4 is 17.6 Å². The third kappa shape index (κ3) is 4.41. The lowest BCUT2D eigenvalue weighted by molar-refractivity contribution is -0.384. The van der Waals surface area contributed by atoms with Crippen molar-refractivity contribution in [1.29, 1.82) is 0 Å². The number of esters is 1. The molecule has 0 radical (unpaired) electrons. The van der Waals surface area contributed by atoms with Crippen LogP contribution in [0.2, 0.25) is 0 Å². The molecule has 0 saturated heterocycles. The number of non-ortho nitro benzene ring substituents is 1. The standard InChI is InChI=1S/C18H18N2O5/c1-11-4-6-13(7-5-11)12(2)19-17(21)14-8-15(18(22)25-3)10-16(9-14)20(23)24/h4-10,12H,1-3H3,(H,19,21). The number of rotatable bonds is 5. The minimum Gasteiger partial charge on any atom is -0.465 e. The first kappa shape index (κ1) is 18.1. The molecule has 25 heavy (non-hydrogen) atoms. The highest BCUT2D eigenvalue weighted by molar-refractivity contribution is 5.99. The molecule has 2 rings (SSSR count). The SMILES string of the molecule is COC(=O)c1cc(C(=O)NC(C)c2ccc(C)cc2)cc([N+](=O)[O-])c1. The Morgan fingerprint density at radius 2 is 1.72 bits per heavy atom. The van der Waals surface area contributed by atoms with Crippen molar-refractivity contribution in [1.82, 2.24) is 5.32 Å². The van der Waals surface area contributed by atoms with E-state index in [0.717, 1.165) is 23.3 Å². The highest BCUT2D eigenvalue weighted by Crippen LogP contribution is 2.20. The van der Waals surface area contributed by atoms with Crippen LogP contribution < -0.4 is 5.32 Å². The second-order valence-corrected chi connectivity index (χ2v) is 5.62. The van der Waals surface area contributed by atoms with Gasteiger partial charge in [0.1, 0.15) is 0 Å². The predicted octanol–water partition coefficient (Wildman–Crippen LogP) is 3.18. The van der Waals surface area contributed by atoms with Crippen LogP contribution in [0.4, 0.5) is 5.69 Å². The summed E-state index contributed by atoms with van der Waals surface area (Å²) < 4.78 is 4.57. The van der Waals surface area contributed by atoms with Gasteiger partial charge in [-0.1, -0.05) is 29.8 Å². The Morgan fingerprint density at radius 1 is 1.12 bits per heavy atom. The zero-order valence-electron chi connectivity index (χ0n) is 14.1. The molecule has 0 aliphatic heterocycles. The van der Waals surface area contributed by atoms with Gasteiger partial charge < -0.3 is 10.1 Å². The molecule has 1 N–H and O–H groups in total. The van der Waals surface area contributed by atoms with E-state index in [1.165, 1.54) is 13.2 Å². The largest absolute Gasteiger partial charge is 0.465 e. The van der Waals surface area contributed by atoms with E-state index in [4.69, 9.17) is 0 Å². The normalized spacial score (nSPS) is 11.5. The van der Waals surface area contributed by atoms with Gasteiger partial charge in [-0.3, -0.25) is 14.9 Å². The Hall–Kier alpha value is -3.22. The first-order valence-corrected chi connectivity index (χ1v) is 7.57. The summed E-state index contributed by atoms with van der Waals surface area (Å²) in [5, 5.41) is 13.8. The number of amides is 1. The summed E-state index contributed by atoms with van der Waals surface area (Å²) in [5.41, 5.74) is 1.62. The number of hydrogen-bond acceptors (Lipinski definition) is 5. The van der Waals surface area contributed by atoms with Gasteiger partial charge in [0.15, 0.2) is 0 Å². The molecule has 7 heteroatoms. The van der Waals surface area contributed by atoms with Crippen LogP contribution in [-0.2, 0) is 4.74 Å². The summed E-state index contributed by atoms with van der Waals surface area (Å²) in [6, 6.07) is 10.8. The predicted molar refractivity (Wildman–Crippen MR) is 91.5 cm³/mol. The highest BCUT2D eigenvalue weighted by Gasteiger charge is 2.19. The van der Waals surface area contributed by atoms with Gasteiger partial charge in [-0.15, -0.1) is 0 Å². The number of carbonyl (C=O) groups excluding carboxylic acids is 2. The molecule has 130 valence electrons. The summed E-state index contributed by atoms with van der Waals surface area (Å²) in [6.45, 7) is 3.77. The second kappa shape index (κ2) is 7.57. The van der Waals surface area contributed by atoms with Crippen molar-refractivity contribution in [3.8, 4) is 0 Å². The van der Waals surface area contributed by atoms with Crippen LogP contribution in [0, 0.1) is 17.0 Å². The maximum absolute atomic E-state index is 12.4. The third-order valence-electron chi connectivity index (χ3n) is 3.74. The van der Waals surface area contributed by atoms with Crippen LogP contribution in [0.1, 0.15) is 44.8 Å². The van der Waals surface area contributed by atoms with E-state index >= 15 is 0 Å². The topological polar surface area (TPSA) is 98.5 Å². The summed E-state index contributed by atoms with van der Waals surface area (Å²) in [7, 11) is 1.17. The quantitative estimate of drug-likeness (QED) is 0.511. The van der Waals surface area contributed by atoms with Crippen molar-refractivity contribution in [2.24, 2.45) is 0 Å². The fourth-order valence-electron chi connectivity index (χ4n) is 2.30. The van der Waals surface area contributed by atoms with E-state index < -0.39 is 16.8 Å². The molecule has 0 bridgehead atoms. The van der Waals surface area contributed by atoms with Gasteiger partial charge in [0.05, 0.1) is 23.6 Å². The van der Waals surface area contributed by atoms with Crippen LogP contribution in [0.3, 0.4) is 0 Å². The number of benzene rings is 2. The molecule has 2 aromatic carbocycles. The molecule has 1 atom stereocenters. The molecule has 0 aromatic heterocycles. The summed E-state index contributed by atoms with van der Waals surface area (Å²) in [4.78, 5) is 34.5. The van der Waals surface area contributed by atoms with Gasteiger partial charge in [-0.05, 0) is 25.5 Å². The van der Waals surface area contributed by atoms with Gasteiger partial charge in [-0.25, -0.2) is 4.79 Å². The van der Waals surface area contributed by atoms with Gasteiger partial charge in [0.2, 0.25) is 0 Å². The molecule has 1 unspecified atom stereocenters. The molecule has 1 amide bonds. The fraction of sp³-hybridized carbons (Fsp3) is 0.222. The van der Waals surface area contributed by atoms with E-state index in [-0.39, 0.29) is 22.9 Å². The molecule has 2 aromatic rings. The van der Waals surface area contributed by atoms with Crippen molar-refractivity contribution in [3.05, 3.63) is 74.8 Å². The summed E-state index contributed by atoms with van der Waals surface area (Å²) in [6.07, 6.45) is 0. The molecule has 0 heterocycles. The first-order valence-electron chi connectivity index (χ1n) is 7.57. The third-order valence-corrected chi connectivity index (χ3v) is 3.74. The summed E-state index contributed by atoms with van der Waals surface area (Å²) in [5.74, 6) is -1.26. The van der Waals surface area contributed by atoms with E-state index in [1.807, 2.05) is 31.2 Å². The van der Waals surface area contributed by atoms with Crippen molar-refractivity contribution in [2.75, 3.05) is 7.11 Å². The number of nitrogens with zero attached hydrogens (tertiary/aromatic N) is 1. The highest BCUT2D eigenvalue weighted by atomic mass is 16.6. The summed E-state index contributed by atoms with van der Waals surface area (Å²) >= 11 is 0. The van der Waals surface area contributed by atoms with Crippen LogP contribution >= 0.6 is 0 Å². The average Bonchev–Trinajstić information content (AvgIpc) is 2.60. The second-order valence-electron chi connectivity index (χ2n) is 5.62. The lowest BCUT2D eigenvalue weighted by atomic mass is 10.0. The smallest absolute Gasteiger partial charge is 0.338 e. The first-order chi connectivity index (χ1) is 11.8. The minimum absolute atomic E-state index is 0.0218. The van der Waals surface area contributed by atoms with Crippen molar-refractivity contribution in [2.45, 2.75) is 19.9 Å². The molecular formula is C18H18N2O5. The van der Waals surface area contributed by atoms with E-state index in [9.17, 15) is 19.7 Å². The molecular weight excluding hydrogens is 324 g/mol. The number of aryl methyl sites for hydroxylation is 1. The van der Waals surface area contributed by atoms with Crippen molar-refractivity contribution < 1.29 is 19.2 Å². The molecule has 0 fully saturated rings. The Morgan fingerprint density at radius 3 is 2.28 bits per heavy atom. The minimum atomic E-state index is -0.746. The fourth-order valence-corrected chi connectivity index (χ4v) is 2.30. The Kier molecular flexibility index (Phi) is 5.49.